The number of ether oxygens (including phenoxy) is 1. The Balaban J connectivity index is 2.14. The van der Waals surface area contributed by atoms with Gasteiger partial charge in [0.15, 0.2) is 0 Å². The van der Waals surface area contributed by atoms with Gasteiger partial charge < -0.3 is 9.84 Å². The van der Waals surface area contributed by atoms with Gasteiger partial charge in [-0.1, -0.05) is 0 Å². The summed E-state index contributed by atoms with van der Waals surface area (Å²) in [4.78, 5) is 4.23. The summed E-state index contributed by atoms with van der Waals surface area (Å²) >= 11 is 1.48. The molecule has 1 aromatic carbocycles. The molecule has 100 valence electrons. The molecule has 0 unspecified atom stereocenters. The summed E-state index contributed by atoms with van der Waals surface area (Å²) in [5.74, 6) is 0.758. The van der Waals surface area contributed by atoms with Crippen LogP contribution in [0.25, 0.3) is 0 Å². The summed E-state index contributed by atoms with van der Waals surface area (Å²) in [6.45, 7) is 3.81. The Hall–Kier alpha value is -2.08. The van der Waals surface area contributed by atoms with Crippen molar-refractivity contribution in [1.82, 2.24) is 4.98 Å². The highest BCUT2D eigenvalue weighted by molar-refractivity contribution is 7.13. The van der Waals surface area contributed by atoms with E-state index in [1.165, 1.54) is 11.3 Å². The zero-order chi connectivity index (χ0) is 13.8. The lowest BCUT2D eigenvalue weighted by molar-refractivity contribution is 0.407. The van der Waals surface area contributed by atoms with Gasteiger partial charge in [0, 0.05) is 17.0 Å². The largest absolute Gasteiger partial charge is 0.507 e. The first-order valence-electron chi connectivity index (χ1n) is 5.69. The second kappa shape index (κ2) is 5.71. The Morgan fingerprint density at radius 3 is 2.79 bits per heavy atom. The van der Waals surface area contributed by atoms with Crippen LogP contribution in [0.1, 0.15) is 16.8 Å². The predicted molar refractivity (Wildman–Crippen MR) is 77.5 cm³/mol. The number of thiazole rings is 1. The van der Waals surface area contributed by atoms with Crippen LogP contribution in [0.15, 0.2) is 22.6 Å². The van der Waals surface area contributed by atoms with Crippen LogP contribution in [0.4, 0.5) is 5.13 Å². The molecule has 6 heteroatoms. The van der Waals surface area contributed by atoms with Crippen molar-refractivity contribution in [3.8, 4) is 11.5 Å². The Kier molecular flexibility index (Phi) is 4.01. The quantitative estimate of drug-likeness (QED) is 0.666. The lowest BCUT2D eigenvalue weighted by atomic mass is 10.1. The van der Waals surface area contributed by atoms with Gasteiger partial charge in [-0.15, -0.1) is 11.3 Å². The van der Waals surface area contributed by atoms with Gasteiger partial charge in [0.1, 0.15) is 11.5 Å². The number of phenolic OH excluding ortho intramolecular Hbond substituents is 1. The maximum atomic E-state index is 9.89. The van der Waals surface area contributed by atoms with E-state index in [9.17, 15) is 5.11 Å². The average Bonchev–Trinajstić information content (AvgIpc) is 2.78. The topological polar surface area (TPSA) is 66.7 Å². The summed E-state index contributed by atoms with van der Waals surface area (Å²) in [6.07, 6.45) is 1.57. The number of aromatic hydroxyl groups is 1. The van der Waals surface area contributed by atoms with E-state index >= 15 is 0 Å². The minimum absolute atomic E-state index is 0.137. The van der Waals surface area contributed by atoms with Crippen molar-refractivity contribution < 1.29 is 9.84 Å². The van der Waals surface area contributed by atoms with Crippen LogP contribution < -0.4 is 10.2 Å². The third-order valence-corrected chi connectivity index (χ3v) is 3.41. The number of nitrogens with zero attached hydrogens (tertiary/aromatic N) is 2. The van der Waals surface area contributed by atoms with Crippen molar-refractivity contribution in [2.45, 2.75) is 13.8 Å². The molecule has 1 aromatic heterocycles. The lowest BCUT2D eigenvalue weighted by Gasteiger charge is -2.06. The highest BCUT2D eigenvalue weighted by atomic mass is 32.1. The van der Waals surface area contributed by atoms with Crippen molar-refractivity contribution in [2.75, 3.05) is 12.5 Å². The molecule has 5 nitrogen and oxygen atoms in total. The molecule has 2 N–H and O–H groups in total. The number of nitrogens with one attached hydrogen (secondary N) is 1. The summed E-state index contributed by atoms with van der Waals surface area (Å²) in [5, 5.41) is 16.6. The fraction of sp³-hybridized carbons (Fsp3) is 0.231. The number of hydrazone groups is 1. The molecule has 0 fully saturated rings. The van der Waals surface area contributed by atoms with Gasteiger partial charge in [-0.3, -0.25) is 5.43 Å². The fourth-order valence-corrected chi connectivity index (χ4v) is 2.23. The normalized spacial score (nSPS) is 10.9. The summed E-state index contributed by atoms with van der Waals surface area (Å²) in [7, 11) is 1.56. The van der Waals surface area contributed by atoms with Crippen molar-refractivity contribution in [1.29, 1.82) is 0 Å². The molecule has 1 heterocycles. The minimum Gasteiger partial charge on any atom is -0.507 e. The second-order valence-electron chi connectivity index (χ2n) is 4.04. The van der Waals surface area contributed by atoms with E-state index in [1.54, 1.807) is 19.4 Å². The van der Waals surface area contributed by atoms with Crippen LogP contribution in [-0.4, -0.2) is 23.4 Å². The molecular formula is C13H15N3O2S. The van der Waals surface area contributed by atoms with E-state index in [-0.39, 0.29) is 5.75 Å². The van der Waals surface area contributed by atoms with Gasteiger partial charge in [0.2, 0.25) is 5.13 Å². The third kappa shape index (κ3) is 3.23. The molecule has 0 aliphatic carbocycles. The van der Waals surface area contributed by atoms with Crippen LogP contribution in [0.2, 0.25) is 0 Å². The van der Waals surface area contributed by atoms with Gasteiger partial charge in [0.05, 0.1) is 19.0 Å². The van der Waals surface area contributed by atoms with Gasteiger partial charge in [-0.2, -0.15) is 5.10 Å². The van der Waals surface area contributed by atoms with Crippen LogP contribution in [0.3, 0.4) is 0 Å². The van der Waals surface area contributed by atoms with E-state index in [0.717, 1.165) is 16.4 Å². The molecule has 2 aromatic rings. The van der Waals surface area contributed by atoms with Crippen LogP contribution >= 0.6 is 11.3 Å². The fourth-order valence-electron chi connectivity index (χ4n) is 1.59. The maximum Gasteiger partial charge on any atom is 0.203 e. The molecular weight excluding hydrogens is 262 g/mol. The standard InChI is InChI=1S/C13H15N3O2S/c1-8-4-10(18-3)5-12(17)11(8)6-14-16-13-15-9(2)7-19-13/h4-7,17H,1-3H3,(H,15,16). The number of hydrogen-bond donors (Lipinski definition) is 2. The first-order valence-corrected chi connectivity index (χ1v) is 6.57. The Morgan fingerprint density at radius 1 is 1.42 bits per heavy atom. The van der Waals surface area contributed by atoms with Gasteiger partial charge >= 0.3 is 0 Å². The van der Waals surface area contributed by atoms with Crippen LogP contribution in [-0.2, 0) is 0 Å². The smallest absolute Gasteiger partial charge is 0.203 e. The third-order valence-electron chi connectivity index (χ3n) is 2.55. The number of aryl methyl sites for hydroxylation is 2. The molecule has 0 bridgehead atoms. The highest BCUT2D eigenvalue weighted by Gasteiger charge is 2.05. The van der Waals surface area contributed by atoms with Gasteiger partial charge in [0.25, 0.3) is 0 Å². The molecule has 19 heavy (non-hydrogen) atoms. The Bertz CT molecular complexity index is 585. The molecule has 2 rings (SSSR count). The average molecular weight is 277 g/mol. The Morgan fingerprint density at radius 2 is 2.21 bits per heavy atom. The molecule has 0 saturated carbocycles. The molecule has 0 aliphatic rings. The number of rotatable bonds is 4. The van der Waals surface area contributed by atoms with Crippen LogP contribution in [0, 0.1) is 13.8 Å². The Labute approximate surface area is 115 Å². The summed E-state index contributed by atoms with van der Waals surface area (Å²) in [5.41, 5.74) is 5.32. The minimum atomic E-state index is 0.137. The first kappa shape index (κ1) is 13.4. The molecule has 0 radical (unpaired) electrons. The van der Waals surface area contributed by atoms with Crippen molar-refractivity contribution in [3.05, 3.63) is 34.3 Å². The van der Waals surface area contributed by atoms with Gasteiger partial charge in [-0.05, 0) is 25.5 Å². The van der Waals surface area contributed by atoms with Crippen molar-refractivity contribution in [3.63, 3.8) is 0 Å². The number of anilines is 1. The molecule has 0 saturated heterocycles. The molecule has 0 atom stereocenters. The van der Waals surface area contributed by atoms with Crippen LogP contribution in [0.5, 0.6) is 11.5 Å². The van der Waals surface area contributed by atoms with E-state index in [0.29, 0.717) is 11.3 Å². The number of phenols is 1. The number of aromatic nitrogens is 1. The molecule has 0 spiro atoms. The zero-order valence-corrected chi connectivity index (χ0v) is 11.8. The lowest BCUT2D eigenvalue weighted by Crippen LogP contribution is -1.94. The van der Waals surface area contributed by atoms with E-state index < -0.39 is 0 Å². The monoisotopic (exact) mass is 277 g/mol. The van der Waals surface area contributed by atoms with Crippen molar-refractivity contribution in [2.24, 2.45) is 5.10 Å². The van der Waals surface area contributed by atoms with E-state index in [4.69, 9.17) is 4.74 Å². The zero-order valence-electron chi connectivity index (χ0n) is 11.0. The van der Waals surface area contributed by atoms with Crippen molar-refractivity contribution >= 4 is 22.7 Å². The summed E-state index contributed by atoms with van der Waals surface area (Å²) in [6, 6.07) is 3.40. The highest BCUT2D eigenvalue weighted by Crippen LogP contribution is 2.26. The molecule has 0 aliphatic heterocycles. The number of benzene rings is 1. The number of hydrogen-bond acceptors (Lipinski definition) is 6. The van der Waals surface area contributed by atoms with Gasteiger partial charge in [-0.25, -0.2) is 4.98 Å². The SMILES string of the molecule is COc1cc(C)c(C=NNc2nc(C)cs2)c(O)c1. The second-order valence-corrected chi connectivity index (χ2v) is 4.90. The first-order chi connectivity index (χ1) is 9.10. The summed E-state index contributed by atoms with van der Waals surface area (Å²) < 4.78 is 5.08. The van der Waals surface area contributed by atoms with E-state index in [2.05, 4.69) is 15.5 Å². The van der Waals surface area contributed by atoms with E-state index in [1.807, 2.05) is 25.3 Å². The number of methoxy groups -OCH3 is 1. The maximum absolute atomic E-state index is 9.89. The molecule has 0 amide bonds. The predicted octanol–water partition coefficient (Wildman–Crippen LogP) is 2.92.